The van der Waals surface area contributed by atoms with Gasteiger partial charge in [0.1, 0.15) is 0 Å². The number of aliphatic imine (C=N–C) groups is 1. The molecule has 0 saturated carbocycles. The third-order valence-corrected chi connectivity index (χ3v) is 3.54. The van der Waals surface area contributed by atoms with Gasteiger partial charge in [-0.15, -0.1) is 0 Å². The van der Waals surface area contributed by atoms with E-state index in [1.165, 1.54) is 0 Å². The molecule has 0 amide bonds. The number of nitrogens with one attached hydrogen (secondary N) is 1. The van der Waals surface area contributed by atoms with Crippen molar-refractivity contribution >= 4 is 23.3 Å². The van der Waals surface area contributed by atoms with E-state index in [2.05, 4.69) is 10.3 Å². The number of amidine groups is 1. The van der Waals surface area contributed by atoms with Crippen LogP contribution in [0.2, 0.25) is 5.02 Å². The fraction of sp³-hybridized carbons (Fsp3) is 0.235. The molecule has 2 aromatic rings. The van der Waals surface area contributed by atoms with E-state index in [0.29, 0.717) is 22.8 Å². The fourth-order valence-corrected chi connectivity index (χ4v) is 2.44. The Morgan fingerprint density at radius 3 is 2.81 bits per heavy atom. The zero-order valence-electron chi connectivity index (χ0n) is 16.7. The van der Waals surface area contributed by atoms with Crippen molar-refractivity contribution in [1.82, 2.24) is 5.32 Å². The molecule has 4 heteroatoms. The van der Waals surface area contributed by atoms with Crippen molar-refractivity contribution in [2.45, 2.75) is 19.4 Å². The molecular weight excluding hydrogens is 284 g/mol. The smallest absolute Gasteiger partial charge is 0.291 e. The summed E-state index contributed by atoms with van der Waals surface area (Å²) in [5, 5.41) is 3.42. The molecule has 0 saturated heterocycles. The Kier molecular flexibility index (Phi) is 2.35. The SMILES string of the molecule is [2H]c1c([2H])c([2H])c(C2(C)OC(NCC)=Nc3ccc(Cl)cc32)c([2H])c1[2H]. The Morgan fingerprint density at radius 2 is 2.10 bits per heavy atom. The first kappa shape index (κ1) is 9.11. The third kappa shape index (κ3) is 2.49. The van der Waals surface area contributed by atoms with Crippen molar-refractivity contribution < 1.29 is 11.6 Å². The molecule has 0 fully saturated rings. The minimum Gasteiger partial charge on any atom is -0.449 e. The van der Waals surface area contributed by atoms with Crippen LogP contribution in [-0.2, 0) is 10.3 Å². The maximum atomic E-state index is 8.31. The van der Waals surface area contributed by atoms with Gasteiger partial charge in [0.15, 0.2) is 5.60 Å². The van der Waals surface area contributed by atoms with Gasteiger partial charge in [-0.1, -0.05) is 41.8 Å². The molecule has 1 N–H and O–H groups in total. The lowest BCUT2D eigenvalue weighted by atomic mass is 9.86. The van der Waals surface area contributed by atoms with E-state index in [-0.39, 0.29) is 23.7 Å². The van der Waals surface area contributed by atoms with Gasteiger partial charge in [-0.05, 0) is 37.6 Å². The highest BCUT2D eigenvalue weighted by molar-refractivity contribution is 6.30. The molecule has 1 heterocycles. The van der Waals surface area contributed by atoms with E-state index < -0.39 is 23.7 Å². The summed E-state index contributed by atoms with van der Waals surface area (Å²) in [4.78, 5) is 4.39. The van der Waals surface area contributed by atoms with Gasteiger partial charge in [0.25, 0.3) is 6.02 Å². The highest BCUT2D eigenvalue weighted by Gasteiger charge is 2.37. The van der Waals surface area contributed by atoms with Gasteiger partial charge in [-0.25, -0.2) is 0 Å². The van der Waals surface area contributed by atoms with Crippen molar-refractivity contribution in [3.05, 3.63) is 64.6 Å². The van der Waals surface area contributed by atoms with Crippen molar-refractivity contribution in [2.75, 3.05) is 6.54 Å². The fourth-order valence-electron chi connectivity index (χ4n) is 2.27. The minimum absolute atomic E-state index is 0.0392. The largest absolute Gasteiger partial charge is 0.449 e. The van der Waals surface area contributed by atoms with E-state index in [4.69, 9.17) is 23.2 Å². The topological polar surface area (TPSA) is 33.6 Å². The molecule has 0 spiro atoms. The highest BCUT2D eigenvalue weighted by atomic mass is 35.5. The van der Waals surface area contributed by atoms with Crippen LogP contribution < -0.4 is 5.32 Å². The van der Waals surface area contributed by atoms with Gasteiger partial charge in [0.05, 0.1) is 12.5 Å². The molecule has 0 radical (unpaired) electrons. The summed E-state index contributed by atoms with van der Waals surface area (Å²) in [5.74, 6) is 0. The first-order valence-electron chi connectivity index (χ1n) is 9.09. The molecule has 21 heavy (non-hydrogen) atoms. The van der Waals surface area contributed by atoms with Gasteiger partial charge in [0.2, 0.25) is 0 Å². The number of rotatable bonds is 2. The van der Waals surface area contributed by atoms with E-state index in [9.17, 15) is 0 Å². The lowest BCUT2D eigenvalue weighted by Gasteiger charge is -2.36. The second-order valence-electron chi connectivity index (χ2n) is 4.74. The van der Waals surface area contributed by atoms with Crippen LogP contribution in [0.5, 0.6) is 0 Å². The van der Waals surface area contributed by atoms with Crippen LogP contribution in [0.25, 0.3) is 0 Å². The maximum Gasteiger partial charge on any atom is 0.291 e. The van der Waals surface area contributed by atoms with E-state index in [1.807, 2.05) is 6.92 Å². The number of hydrogen-bond donors (Lipinski definition) is 1. The van der Waals surface area contributed by atoms with Gasteiger partial charge in [-0.3, -0.25) is 0 Å². The first-order valence-corrected chi connectivity index (χ1v) is 6.97. The summed E-state index contributed by atoms with van der Waals surface area (Å²) >= 11 is 6.14. The lowest BCUT2D eigenvalue weighted by molar-refractivity contribution is 0.106. The van der Waals surface area contributed by atoms with E-state index >= 15 is 0 Å². The molecule has 2 aromatic carbocycles. The molecule has 3 rings (SSSR count). The zero-order valence-corrected chi connectivity index (χ0v) is 12.4. The van der Waals surface area contributed by atoms with Crippen molar-refractivity contribution in [2.24, 2.45) is 4.99 Å². The van der Waals surface area contributed by atoms with Crippen LogP contribution in [0.15, 0.2) is 53.4 Å². The average molecular weight is 306 g/mol. The monoisotopic (exact) mass is 305 g/mol. The summed E-state index contributed by atoms with van der Waals surface area (Å²) in [6.07, 6.45) is 0. The molecule has 0 aliphatic carbocycles. The quantitative estimate of drug-likeness (QED) is 0.900. The summed E-state index contributed by atoms with van der Waals surface area (Å²) in [6.45, 7) is 4.09. The number of ether oxygens (including phenoxy) is 1. The number of nitrogens with zero attached hydrogens (tertiary/aromatic N) is 1. The van der Waals surface area contributed by atoms with Crippen LogP contribution in [-0.4, -0.2) is 12.6 Å². The normalized spacial score (nSPS) is 23.6. The molecule has 108 valence electrons. The molecule has 1 atom stereocenters. The predicted molar refractivity (Wildman–Crippen MR) is 86.2 cm³/mol. The van der Waals surface area contributed by atoms with Crippen molar-refractivity contribution in [1.29, 1.82) is 0 Å². The number of fused-ring (bicyclic) bond motifs is 1. The third-order valence-electron chi connectivity index (χ3n) is 3.30. The molecule has 0 aromatic heterocycles. The second-order valence-corrected chi connectivity index (χ2v) is 5.18. The molecule has 1 unspecified atom stereocenters. The van der Waals surface area contributed by atoms with Crippen LogP contribution in [0.4, 0.5) is 5.69 Å². The number of halogens is 1. The standard InChI is InChI=1S/C17H17ClN2O/c1-3-19-16-20-15-10-9-13(18)11-14(15)17(2,21-16)12-7-5-4-6-8-12/h4-11H,3H2,1-2H3,(H,19,20)/i4D,5D,6D,7D,8D. The lowest BCUT2D eigenvalue weighted by Crippen LogP contribution is -2.39. The van der Waals surface area contributed by atoms with Crippen molar-refractivity contribution in [3.8, 4) is 0 Å². The summed E-state index contributed by atoms with van der Waals surface area (Å²) in [6, 6.07) is 3.34. The molecule has 3 nitrogen and oxygen atoms in total. The Morgan fingerprint density at radius 1 is 1.33 bits per heavy atom. The molecule has 1 aliphatic heterocycles. The predicted octanol–water partition coefficient (Wildman–Crippen LogP) is 4.23. The Labute approximate surface area is 136 Å². The van der Waals surface area contributed by atoms with Gasteiger partial charge >= 0.3 is 0 Å². The van der Waals surface area contributed by atoms with Crippen LogP contribution in [0.3, 0.4) is 0 Å². The minimum atomic E-state index is -1.35. The van der Waals surface area contributed by atoms with Gasteiger partial charge in [-0.2, -0.15) is 4.99 Å². The van der Waals surface area contributed by atoms with Crippen LogP contribution >= 0.6 is 11.6 Å². The van der Waals surface area contributed by atoms with Crippen LogP contribution in [0.1, 0.15) is 31.8 Å². The van der Waals surface area contributed by atoms with E-state index in [0.717, 1.165) is 0 Å². The Hall–Kier alpha value is -2.00. The molecule has 0 bridgehead atoms. The zero-order chi connectivity index (χ0) is 19.2. The Balaban J connectivity index is 2.35. The number of benzene rings is 2. The first-order chi connectivity index (χ1) is 12.2. The maximum absolute atomic E-state index is 8.31. The average Bonchev–Trinajstić information content (AvgIpc) is 2.59. The number of hydrogen-bond acceptors (Lipinski definition) is 3. The molecular formula is C17H17ClN2O. The van der Waals surface area contributed by atoms with Crippen molar-refractivity contribution in [3.63, 3.8) is 0 Å². The van der Waals surface area contributed by atoms with Gasteiger partial charge in [0, 0.05) is 17.1 Å². The van der Waals surface area contributed by atoms with E-state index in [1.54, 1.807) is 25.1 Å². The Bertz CT molecular complexity index is 905. The summed E-state index contributed by atoms with van der Waals surface area (Å²) < 4.78 is 46.4. The molecule has 1 aliphatic rings. The van der Waals surface area contributed by atoms with Crippen LogP contribution in [0, 0.1) is 0 Å². The summed E-state index contributed by atoms with van der Waals surface area (Å²) in [5.41, 5.74) is -0.221. The summed E-state index contributed by atoms with van der Waals surface area (Å²) in [7, 11) is 0. The highest BCUT2D eigenvalue weighted by Crippen LogP contribution is 2.42. The van der Waals surface area contributed by atoms with Gasteiger partial charge < -0.3 is 10.1 Å². The second kappa shape index (κ2) is 5.41.